The second kappa shape index (κ2) is 12.5. The Morgan fingerprint density at radius 3 is 2.88 bits per heavy atom. The maximum absolute atomic E-state index is 11.0. The van der Waals surface area contributed by atoms with Gasteiger partial charge in [-0.3, -0.25) is 9.79 Å². The molecule has 4 N–H and O–H groups in total. The van der Waals surface area contributed by atoms with Crippen LogP contribution in [0.3, 0.4) is 0 Å². The van der Waals surface area contributed by atoms with Crippen molar-refractivity contribution in [2.45, 2.75) is 18.8 Å². The van der Waals surface area contributed by atoms with E-state index in [0.717, 1.165) is 0 Å². The Bertz CT molecular complexity index is 377. The quantitative estimate of drug-likeness (QED) is 0.334. The van der Waals surface area contributed by atoms with Crippen LogP contribution in [0.1, 0.15) is 18.3 Å². The van der Waals surface area contributed by atoms with Gasteiger partial charge in [0.05, 0.1) is 7.71 Å². The van der Waals surface area contributed by atoms with Crippen molar-refractivity contribution < 1.29 is 18.2 Å². The van der Waals surface area contributed by atoms with Gasteiger partial charge < -0.3 is 16.3 Å². The van der Waals surface area contributed by atoms with Gasteiger partial charge in [-0.15, -0.1) is 24.8 Å². The summed E-state index contributed by atoms with van der Waals surface area (Å²) < 4.78 is 44.1. The number of nitrogens with zero attached hydrogens (tertiary/aromatic N) is 2. The van der Waals surface area contributed by atoms with E-state index in [1.165, 1.54) is 6.34 Å². The minimum Gasteiger partial charge on any atom is -0.480 e. The van der Waals surface area contributed by atoms with E-state index in [9.17, 15) is 4.79 Å². The van der Waals surface area contributed by atoms with E-state index in [0.29, 0.717) is 0 Å². The Balaban J connectivity index is -0.00000180. The van der Waals surface area contributed by atoms with Gasteiger partial charge in [-0.1, -0.05) is 0 Å². The van der Waals surface area contributed by atoms with E-state index in [-0.39, 0.29) is 24.8 Å². The minimum absolute atomic E-state index is 0. The van der Waals surface area contributed by atoms with E-state index in [1.54, 1.807) is 19.1 Å². The number of aliphatic carboxylic acids is 1. The Morgan fingerprint density at radius 1 is 1.81 bits per heavy atom. The van der Waals surface area contributed by atoms with Gasteiger partial charge in [-0.2, -0.15) is 0 Å². The van der Waals surface area contributed by atoms with Crippen LogP contribution in [0.4, 0.5) is 0 Å². The van der Waals surface area contributed by atoms with Crippen molar-refractivity contribution in [1.82, 2.24) is 10.4 Å². The minimum atomic E-state index is -3.22. The first-order valence-corrected chi connectivity index (χ1v) is 3.83. The zero-order chi connectivity index (χ0) is 16.1. The molecule has 0 aliphatic heterocycles. The van der Waals surface area contributed by atoms with Gasteiger partial charge in [0.25, 0.3) is 0 Å². The molecule has 0 saturated carbocycles. The molecule has 0 heterocycles. The van der Waals surface area contributed by atoms with Gasteiger partial charge in [0.1, 0.15) is 8.84 Å². The van der Waals surface area contributed by atoms with Crippen LogP contribution in [-0.2, 0) is 4.79 Å². The van der Waals surface area contributed by atoms with Gasteiger partial charge in [0.15, 0.2) is 0 Å². The lowest BCUT2D eigenvalue weighted by Crippen LogP contribution is -2.30. The number of aliphatic imine (C=N–C) groups is 1. The summed E-state index contributed by atoms with van der Waals surface area (Å²) in [4.78, 5) is 14.7. The summed E-state index contributed by atoms with van der Waals surface area (Å²) in [6.07, 6.45) is -3.50. The number of carboxylic acid groups (broad SMARTS) is 1. The van der Waals surface area contributed by atoms with Crippen molar-refractivity contribution in [3.63, 3.8) is 0 Å². The molecule has 0 rings (SSSR count). The normalized spacial score (nSPS) is 22.2. The monoisotopic (exact) mass is 280 g/mol. The topological polar surface area (TPSA) is 91.0 Å². The lowest BCUT2D eigenvalue weighted by molar-refractivity contribution is -0.138. The van der Waals surface area contributed by atoms with E-state index in [2.05, 4.69) is 10.4 Å². The number of carbonyl (C=O) groups is 1. The summed E-state index contributed by atoms with van der Waals surface area (Å²) in [6.45, 7) is -0.421. The molecule has 98 valence electrons. The summed E-state index contributed by atoms with van der Waals surface area (Å²) in [7, 11) is 3.36. The second-order valence-corrected chi connectivity index (χ2v) is 2.52. The van der Waals surface area contributed by atoms with Crippen molar-refractivity contribution >= 4 is 37.1 Å². The zero-order valence-corrected chi connectivity index (χ0v) is 10.5. The van der Waals surface area contributed by atoms with Crippen molar-refractivity contribution in [3.8, 4) is 0 Å². The molecule has 0 bridgehead atoms. The van der Waals surface area contributed by atoms with Crippen LogP contribution in [0.5, 0.6) is 0 Å². The van der Waals surface area contributed by atoms with Crippen molar-refractivity contribution in [2.24, 2.45) is 10.7 Å². The van der Waals surface area contributed by atoms with Crippen molar-refractivity contribution in [2.75, 3.05) is 20.6 Å². The first-order valence-electron chi connectivity index (χ1n) is 6.80. The summed E-state index contributed by atoms with van der Waals surface area (Å²) >= 11 is 0. The maximum Gasteiger partial charge on any atom is 0.320 e. The van der Waals surface area contributed by atoms with Crippen LogP contribution in [0, 0.1) is 0 Å². The van der Waals surface area contributed by atoms with Crippen molar-refractivity contribution in [3.05, 3.63) is 0 Å². The molecule has 2 unspecified atom stereocenters. The third-order valence-corrected chi connectivity index (χ3v) is 1.05. The number of halogens is 2. The fourth-order valence-corrected chi connectivity index (χ4v) is 0.466. The second-order valence-electron chi connectivity index (χ2n) is 2.52. The summed E-state index contributed by atoms with van der Waals surface area (Å²) in [5, 5.41) is 10.4. The molecule has 0 spiro atoms. The molecule has 2 atom stereocenters. The lowest BCUT2D eigenvalue weighted by atomic mass is 10.2. The van der Waals surface area contributed by atoms with Gasteiger partial charge in [0, 0.05) is 24.8 Å². The number of carboxylic acids is 1. The SMILES string of the molecule is Cl.Cl.[2H]C(CN=CNN(C)C)C([2H])([2H])C([2H])(C(=O)O)N([2H])[2H]. The van der Waals surface area contributed by atoms with Crippen LogP contribution in [0.15, 0.2) is 4.99 Å². The van der Waals surface area contributed by atoms with E-state index in [4.69, 9.17) is 13.4 Å². The molecule has 16 heavy (non-hydrogen) atoms. The van der Waals surface area contributed by atoms with Gasteiger partial charge >= 0.3 is 5.97 Å². The van der Waals surface area contributed by atoms with Crippen LogP contribution in [-0.4, -0.2) is 49.1 Å². The Hall–Kier alpha value is -0.560. The summed E-state index contributed by atoms with van der Waals surface area (Å²) in [6, 6.07) is -3.22. The predicted octanol–water partition coefficient (Wildman–Crippen LogP) is 0.117. The number of nitrogens with one attached hydrogen (secondary N) is 1. The number of hydrazine groups is 1. The first kappa shape index (κ1) is 9.47. The highest BCUT2D eigenvalue weighted by molar-refractivity contribution is 5.85. The van der Waals surface area contributed by atoms with Crippen molar-refractivity contribution in [1.29, 1.82) is 0 Å². The molecule has 0 aromatic rings. The fraction of sp³-hybridized carbons (Fsp3) is 0.750. The number of hydrogen-bond donors (Lipinski definition) is 3. The molecule has 0 aromatic carbocycles. The number of rotatable bonds is 8. The molecule has 0 amide bonds. The lowest BCUT2D eigenvalue weighted by Gasteiger charge is -2.07. The molecular weight excluding hydrogens is 255 g/mol. The van der Waals surface area contributed by atoms with Crippen LogP contribution in [0.2, 0.25) is 2.82 Å². The predicted molar refractivity (Wildman–Crippen MR) is 69.5 cm³/mol. The highest BCUT2D eigenvalue weighted by Crippen LogP contribution is 1.94. The Labute approximate surface area is 117 Å². The summed E-state index contributed by atoms with van der Waals surface area (Å²) in [5.41, 5.74) is 2.07. The first-order chi connectivity index (χ1) is 8.97. The average Bonchev–Trinajstić information content (AvgIpc) is 2.31. The van der Waals surface area contributed by atoms with E-state index in [1.807, 2.05) is 0 Å². The third-order valence-electron chi connectivity index (χ3n) is 1.05. The molecule has 0 fully saturated rings. The third kappa shape index (κ3) is 13.4. The van der Waals surface area contributed by atoms with Gasteiger partial charge in [0.2, 0.25) is 0 Å². The van der Waals surface area contributed by atoms with E-state index >= 15 is 0 Å². The highest BCUT2D eigenvalue weighted by Gasteiger charge is 2.09. The molecule has 0 aromatic heterocycles. The largest absolute Gasteiger partial charge is 0.480 e. The zero-order valence-electron chi connectivity index (χ0n) is 14.9. The van der Waals surface area contributed by atoms with Crippen LogP contribution < -0.4 is 11.1 Å². The Kier molecular flexibility index (Phi) is 7.40. The highest BCUT2D eigenvalue weighted by atomic mass is 35.5. The molecular formula is C8H20Cl2N4O2. The Morgan fingerprint density at radius 2 is 2.44 bits per heavy atom. The van der Waals surface area contributed by atoms with Crippen LogP contribution >= 0.6 is 24.8 Å². The molecule has 0 radical (unpaired) electrons. The van der Waals surface area contributed by atoms with Gasteiger partial charge in [-0.25, -0.2) is 5.01 Å². The molecule has 6 nitrogen and oxygen atoms in total. The smallest absolute Gasteiger partial charge is 0.320 e. The standard InChI is InChI=1S/C8H18N4O2.2ClH/c1-12(2)11-6-10-5-3-4-7(9)8(13)14;;/h6-7H,3-5,9H2,1-2H3,(H,10,11)(H,13,14);2*1H/i3D,4D2,7D;;/hD2. The van der Waals surface area contributed by atoms with Crippen LogP contribution in [0.25, 0.3) is 0 Å². The molecule has 0 aliphatic rings. The molecule has 8 heteroatoms. The number of nitrogens with two attached hydrogens (primary N) is 1. The maximum atomic E-state index is 11.0. The number of hydrogen-bond acceptors (Lipinski definition) is 4. The fourth-order valence-electron chi connectivity index (χ4n) is 0.466. The molecule has 0 aliphatic carbocycles. The summed E-state index contributed by atoms with van der Waals surface area (Å²) in [5.74, 6) is -2.01. The van der Waals surface area contributed by atoms with E-state index < -0.39 is 37.0 Å². The van der Waals surface area contributed by atoms with Gasteiger partial charge in [-0.05, 0) is 12.8 Å². The average molecular weight is 281 g/mol. The molecule has 0 saturated heterocycles.